The van der Waals surface area contributed by atoms with Gasteiger partial charge >= 0.3 is 6.36 Å². The van der Waals surface area contributed by atoms with Gasteiger partial charge in [0.1, 0.15) is 5.75 Å². The monoisotopic (exact) mass is 282 g/mol. The number of pyridine rings is 1. The maximum absolute atomic E-state index is 12.3. The Bertz CT molecular complexity index is 627. The van der Waals surface area contributed by atoms with Crippen molar-refractivity contribution in [3.63, 3.8) is 0 Å². The van der Waals surface area contributed by atoms with E-state index in [1.165, 1.54) is 36.7 Å². The number of rotatable bonds is 3. The van der Waals surface area contributed by atoms with Gasteiger partial charge in [-0.15, -0.1) is 13.2 Å². The molecule has 0 saturated heterocycles. The third-order valence-corrected chi connectivity index (χ3v) is 2.45. The van der Waals surface area contributed by atoms with Crippen LogP contribution in [0.2, 0.25) is 0 Å². The Morgan fingerprint density at radius 1 is 1.15 bits per heavy atom. The summed E-state index contributed by atoms with van der Waals surface area (Å²) >= 11 is 0. The van der Waals surface area contributed by atoms with Gasteiger partial charge in [0.2, 0.25) is 0 Å². The Labute approximate surface area is 112 Å². The first-order chi connectivity index (χ1) is 9.38. The average Bonchev–Trinajstić information content (AvgIpc) is 2.37. The fraction of sp³-hybridized carbons (Fsp3) is 0.0769. The number of ketones is 1. The standard InChI is InChI=1S/C13H9F3N2O2/c14-13(15,16)20-10-3-1-2-9(17)11(10)12(19)8-4-6-18-7-5-8/h1-7H,17H2. The fourth-order valence-electron chi connectivity index (χ4n) is 1.65. The molecule has 0 aliphatic carbocycles. The first-order valence-corrected chi connectivity index (χ1v) is 5.47. The summed E-state index contributed by atoms with van der Waals surface area (Å²) < 4.78 is 40.8. The van der Waals surface area contributed by atoms with E-state index in [0.29, 0.717) is 0 Å². The lowest BCUT2D eigenvalue weighted by Crippen LogP contribution is -2.20. The van der Waals surface area contributed by atoms with Gasteiger partial charge in [-0.2, -0.15) is 0 Å². The topological polar surface area (TPSA) is 65.2 Å². The van der Waals surface area contributed by atoms with Crippen LogP contribution in [0.5, 0.6) is 5.75 Å². The summed E-state index contributed by atoms with van der Waals surface area (Å²) in [5, 5.41) is 0. The Morgan fingerprint density at radius 2 is 1.80 bits per heavy atom. The van der Waals surface area contributed by atoms with Crippen molar-refractivity contribution in [1.29, 1.82) is 0 Å². The number of halogens is 3. The number of anilines is 1. The predicted molar refractivity (Wildman–Crippen MR) is 65.2 cm³/mol. The number of nitrogen functional groups attached to an aromatic ring is 1. The Balaban J connectivity index is 2.48. The number of carbonyl (C=O) groups is 1. The van der Waals surface area contributed by atoms with Crippen LogP contribution < -0.4 is 10.5 Å². The van der Waals surface area contributed by atoms with E-state index in [0.717, 1.165) is 6.07 Å². The van der Waals surface area contributed by atoms with Crippen LogP contribution in [0.15, 0.2) is 42.7 Å². The SMILES string of the molecule is Nc1cccc(OC(F)(F)F)c1C(=O)c1ccncc1. The van der Waals surface area contributed by atoms with Crippen LogP contribution in [0.25, 0.3) is 0 Å². The summed E-state index contributed by atoms with van der Waals surface area (Å²) in [6.45, 7) is 0. The van der Waals surface area contributed by atoms with E-state index in [1.807, 2.05) is 0 Å². The minimum Gasteiger partial charge on any atom is -0.405 e. The summed E-state index contributed by atoms with van der Waals surface area (Å²) in [4.78, 5) is 15.9. The van der Waals surface area contributed by atoms with Crippen LogP contribution in [-0.4, -0.2) is 17.1 Å². The molecule has 7 heteroatoms. The van der Waals surface area contributed by atoms with Crippen LogP contribution in [0.4, 0.5) is 18.9 Å². The number of alkyl halides is 3. The summed E-state index contributed by atoms with van der Waals surface area (Å²) in [6.07, 6.45) is -2.19. The van der Waals surface area contributed by atoms with Gasteiger partial charge in [-0.1, -0.05) is 6.07 Å². The molecule has 2 N–H and O–H groups in total. The lowest BCUT2D eigenvalue weighted by atomic mass is 10.0. The number of ether oxygens (including phenoxy) is 1. The highest BCUT2D eigenvalue weighted by atomic mass is 19.4. The van der Waals surface area contributed by atoms with Crippen molar-refractivity contribution >= 4 is 11.5 Å². The van der Waals surface area contributed by atoms with Crippen LogP contribution in [0.1, 0.15) is 15.9 Å². The number of carbonyl (C=O) groups excluding carboxylic acids is 1. The van der Waals surface area contributed by atoms with Crippen molar-refractivity contribution in [2.45, 2.75) is 6.36 Å². The normalized spacial score (nSPS) is 11.2. The second kappa shape index (κ2) is 5.20. The molecular weight excluding hydrogens is 273 g/mol. The molecule has 2 rings (SSSR count). The van der Waals surface area contributed by atoms with Crippen molar-refractivity contribution in [3.05, 3.63) is 53.9 Å². The predicted octanol–water partition coefficient (Wildman–Crippen LogP) is 2.79. The van der Waals surface area contributed by atoms with Gasteiger partial charge in [-0.05, 0) is 24.3 Å². The second-order valence-electron chi connectivity index (χ2n) is 3.83. The molecule has 0 unspecified atom stereocenters. The van der Waals surface area contributed by atoms with E-state index in [1.54, 1.807) is 0 Å². The molecule has 20 heavy (non-hydrogen) atoms. The molecule has 1 heterocycles. The Hall–Kier alpha value is -2.57. The lowest BCUT2D eigenvalue weighted by Gasteiger charge is -2.14. The molecule has 0 amide bonds. The highest BCUT2D eigenvalue weighted by molar-refractivity contribution is 6.13. The molecule has 0 saturated carbocycles. The van der Waals surface area contributed by atoms with Crippen LogP contribution in [-0.2, 0) is 0 Å². The number of benzene rings is 1. The number of nitrogens with two attached hydrogens (primary N) is 1. The van der Waals surface area contributed by atoms with E-state index < -0.39 is 17.9 Å². The molecular formula is C13H9F3N2O2. The van der Waals surface area contributed by atoms with Crippen molar-refractivity contribution in [2.24, 2.45) is 0 Å². The molecule has 0 aliphatic rings. The molecule has 0 radical (unpaired) electrons. The van der Waals surface area contributed by atoms with Crippen molar-refractivity contribution in [2.75, 3.05) is 5.73 Å². The number of hydrogen-bond donors (Lipinski definition) is 1. The third kappa shape index (κ3) is 3.05. The first-order valence-electron chi connectivity index (χ1n) is 5.47. The Kier molecular flexibility index (Phi) is 3.60. The number of aromatic nitrogens is 1. The van der Waals surface area contributed by atoms with Gasteiger partial charge in [0, 0.05) is 23.6 Å². The highest BCUT2D eigenvalue weighted by Gasteiger charge is 2.33. The van der Waals surface area contributed by atoms with Gasteiger partial charge < -0.3 is 10.5 Å². The molecule has 4 nitrogen and oxygen atoms in total. The van der Waals surface area contributed by atoms with E-state index >= 15 is 0 Å². The summed E-state index contributed by atoms with van der Waals surface area (Å²) in [5.74, 6) is -1.29. The van der Waals surface area contributed by atoms with Crippen molar-refractivity contribution in [1.82, 2.24) is 4.98 Å². The molecule has 0 bridgehead atoms. The zero-order valence-electron chi connectivity index (χ0n) is 10.0. The smallest absolute Gasteiger partial charge is 0.405 e. The lowest BCUT2D eigenvalue weighted by molar-refractivity contribution is -0.274. The summed E-state index contributed by atoms with van der Waals surface area (Å²) in [5.41, 5.74) is 5.35. The van der Waals surface area contributed by atoms with Gasteiger partial charge in [0.15, 0.2) is 5.78 Å². The minimum absolute atomic E-state index is 0.0893. The van der Waals surface area contributed by atoms with Crippen LogP contribution in [0.3, 0.4) is 0 Å². The van der Waals surface area contributed by atoms with Gasteiger partial charge in [-0.3, -0.25) is 9.78 Å². The van der Waals surface area contributed by atoms with Gasteiger partial charge in [0.25, 0.3) is 0 Å². The third-order valence-electron chi connectivity index (χ3n) is 2.45. The van der Waals surface area contributed by atoms with E-state index in [4.69, 9.17) is 5.73 Å². The van der Waals surface area contributed by atoms with Crippen LogP contribution >= 0.6 is 0 Å². The Morgan fingerprint density at radius 3 is 2.40 bits per heavy atom. The molecule has 0 spiro atoms. The zero-order chi connectivity index (χ0) is 14.8. The first kappa shape index (κ1) is 13.9. The molecule has 2 aromatic rings. The molecule has 0 aliphatic heterocycles. The minimum atomic E-state index is -4.90. The maximum atomic E-state index is 12.3. The molecule has 1 aromatic heterocycles. The largest absolute Gasteiger partial charge is 0.573 e. The van der Waals surface area contributed by atoms with E-state index in [9.17, 15) is 18.0 Å². The number of nitrogens with zero attached hydrogens (tertiary/aromatic N) is 1. The van der Waals surface area contributed by atoms with Crippen LogP contribution in [0, 0.1) is 0 Å². The zero-order valence-corrected chi connectivity index (χ0v) is 10.0. The summed E-state index contributed by atoms with van der Waals surface area (Å²) in [6, 6.07) is 6.41. The number of hydrogen-bond acceptors (Lipinski definition) is 4. The molecule has 0 fully saturated rings. The molecule has 0 atom stereocenters. The van der Waals surface area contributed by atoms with E-state index in [2.05, 4.69) is 9.72 Å². The van der Waals surface area contributed by atoms with Gasteiger partial charge in [-0.25, -0.2) is 0 Å². The van der Waals surface area contributed by atoms with Crippen molar-refractivity contribution in [3.8, 4) is 5.75 Å². The quantitative estimate of drug-likeness (QED) is 0.694. The molecule has 104 valence electrons. The van der Waals surface area contributed by atoms with E-state index in [-0.39, 0.29) is 16.8 Å². The second-order valence-corrected chi connectivity index (χ2v) is 3.83. The fourth-order valence-corrected chi connectivity index (χ4v) is 1.65. The summed E-state index contributed by atoms with van der Waals surface area (Å²) in [7, 11) is 0. The average molecular weight is 282 g/mol. The molecule has 1 aromatic carbocycles. The maximum Gasteiger partial charge on any atom is 0.573 e. The van der Waals surface area contributed by atoms with Crippen molar-refractivity contribution < 1.29 is 22.7 Å². The highest BCUT2D eigenvalue weighted by Crippen LogP contribution is 2.31. The van der Waals surface area contributed by atoms with Gasteiger partial charge in [0.05, 0.1) is 5.56 Å².